The quantitative estimate of drug-likeness (QED) is 0.624. The van der Waals surface area contributed by atoms with E-state index in [1.807, 2.05) is 4.68 Å². The zero-order valence-electron chi connectivity index (χ0n) is 12.6. The van der Waals surface area contributed by atoms with Crippen LogP contribution in [0.3, 0.4) is 0 Å². The van der Waals surface area contributed by atoms with Gasteiger partial charge in [-0.1, -0.05) is 13.8 Å². The lowest BCUT2D eigenvalue weighted by Crippen LogP contribution is -2.34. The first-order valence-electron chi connectivity index (χ1n) is 7.49. The highest BCUT2D eigenvalue weighted by atomic mass is 16.5. The molecular weight excluding hydrogens is 240 g/mol. The molecule has 1 unspecified atom stereocenters. The number of nitrogens with zero attached hydrogens (tertiary/aromatic N) is 3. The minimum Gasteiger partial charge on any atom is -0.381 e. The fraction of sp³-hybridized carbons (Fsp3) is 0.857. The lowest BCUT2D eigenvalue weighted by Gasteiger charge is -2.18. The third-order valence-corrected chi connectivity index (χ3v) is 3.07. The van der Waals surface area contributed by atoms with Crippen LogP contribution < -0.4 is 5.32 Å². The summed E-state index contributed by atoms with van der Waals surface area (Å²) < 4.78 is 7.55. The Kier molecular flexibility index (Phi) is 8.41. The van der Waals surface area contributed by atoms with Crippen molar-refractivity contribution in [1.29, 1.82) is 0 Å². The maximum Gasteiger partial charge on any atom is 0.138 e. The minimum atomic E-state index is 0.423. The Labute approximate surface area is 116 Å². The van der Waals surface area contributed by atoms with Gasteiger partial charge in [-0.05, 0) is 32.7 Å². The van der Waals surface area contributed by atoms with Crippen molar-refractivity contribution in [3.05, 3.63) is 12.2 Å². The van der Waals surface area contributed by atoms with Gasteiger partial charge in [0.25, 0.3) is 0 Å². The Hall–Kier alpha value is -0.940. The van der Waals surface area contributed by atoms with E-state index in [2.05, 4.69) is 36.2 Å². The number of aryl methyl sites for hydroxylation is 1. The van der Waals surface area contributed by atoms with Gasteiger partial charge < -0.3 is 10.1 Å². The lowest BCUT2D eigenvalue weighted by molar-refractivity contribution is 0.124. The molecule has 0 saturated heterocycles. The Morgan fingerprint density at radius 2 is 2.11 bits per heavy atom. The van der Waals surface area contributed by atoms with Gasteiger partial charge in [0.05, 0.1) is 0 Å². The molecule has 19 heavy (non-hydrogen) atoms. The van der Waals surface area contributed by atoms with Gasteiger partial charge in [0, 0.05) is 32.2 Å². The third-order valence-electron chi connectivity index (χ3n) is 3.07. The molecule has 1 heterocycles. The van der Waals surface area contributed by atoms with Crippen molar-refractivity contribution in [1.82, 2.24) is 20.1 Å². The Balaban J connectivity index is 2.43. The molecule has 110 valence electrons. The molecule has 0 spiro atoms. The van der Waals surface area contributed by atoms with Crippen LogP contribution in [0.2, 0.25) is 0 Å². The van der Waals surface area contributed by atoms with E-state index < -0.39 is 0 Å². The molecule has 1 rings (SSSR count). The number of rotatable bonds is 11. The molecule has 1 aromatic heterocycles. The molecule has 1 atom stereocenters. The number of ether oxygens (including phenoxy) is 1. The molecule has 0 amide bonds. The van der Waals surface area contributed by atoms with Gasteiger partial charge in [-0.15, -0.1) is 0 Å². The highest BCUT2D eigenvalue weighted by Gasteiger charge is 2.12. The Morgan fingerprint density at radius 3 is 2.79 bits per heavy atom. The summed E-state index contributed by atoms with van der Waals surface area (Å²) in [6.07, 6.45) is 5.81. The molecule has 1 aromatic rings. The molecule has 0 aliphatic heterocycles. The van der Waals surface area contributed by atoms with Gasteiger partial charge in [0.15, 0.2) is 0 Å². The van der Waals surface area contributed by atoms with E-state index in [4.69, 9.17) is 4.74 Å². The lowest BCUT2D eigenvalue weighted by atomic mass is 10.1. The van der Waals surface area contributed by atoms with Crippen molar-refractivity contribution in [2.45, 2.75) is 59.0 Å². The van der Waals surface area contributed by atoms with Crippen molar-refractivity contribution >= 4 is 0 Å². The summed E-state index contributed by atoms with van der Waals surface area (Å²) in [6.45, 7) is 10.0. The van der Waals surface area contributed by atoms with Gasteiger partial charge in [0.1, 0.15) is 12.2 Å². The first kappa shape index (κ1) is 16.1. The highest BCUT2D eigenvalue weighted by molar-refractivity contribution is 4.89. The van der Waals surface area contributed by atoms with E-state index >= 15 is 0 Å². The molecule has 0 radical (unpaired) electrons. The van der Waals surface area contributed by atoms with E-state index in [1.165, 1.54) is 0 Å². The van der Waals surface area contributed by atoms with E-state index in [0.717, 1.165) is 57.8 Å². The minimum absolute atomic E-state index is 0.423. The third kappa shape index (κ3) is 6.16. The predicted molar refractivity (Wildman–Crippen MR) is 77.2 cm³/mol. The number of nitrogens with one attached hydrogen (secondary N) is 1. The van der Waals surface area contributed by atoms with Gasteiger partial charge in [-0.3, -0.25) is 4.68 Å². The topological polar surface area (TPSA) is 52.0 Å². The van der Waals surface area contributed by atoms with Crippen molar-refractivity contribution in [2.75, 3.05) is 19.8 Å². The average molecular weight is 268 g/mol. The second-order valence-electron chi connectivity index (χ2n) is 4.75. The van der Waals surface area contributed by atoms with Crippen molar-refractivity contribution in [3.8, 4) is 0 Å². The summed E-state index contributed by atoms with van der Waals surface area (Å²) in [4.78, 5) is 4.35. The number of hydrogen-bond donors (Lipinski definition) is 1. The molecule has 0 fully saturated rings. The molecule has 5 heteroatoms. The van der Waals surface area contributed by atoms with Gasteiger partial charge in [-0.25, -0.2) is 4.98 Å². The molecule has 0 saturated carbocycles. The average Bonchev–Trinajstić information content (AvgIpc) is 2.87. The first-order chi connectivity index (χ1) is 9.31. The zero-order chi connectivity index (χ0) is 13.9. The molecule has 0 aliphatic carbocycles. The first-order valence-corrected chi connectivity index (χ1v) is 7.49. The monoisotopic (exact) mass is 268 g/mol. The van der Waals surface area contributed by atoms with Crippen molar-refractivity contribution < 1.29 is 4.74 Å². The smallest absolute Gasteiger partial charge is 0.138 e. The Morgan fingerprint density at radius 1 is 1.26 bits per heavy atom. The molecular formula is C14H28N4O. The van der Waals surface area contributed by atoms with Crippen LogP contribution in [0.5, 0.6) is 0 Å². The fourth-order valence-electron chi connectivity index (χ4n) is 2.03. The van der Waals surface area contributed by atoms with Crippen LogP contribution in [-0.2, 0) is 17.7 Å². The van der Waals surface area contributed by atoms with Crippen LogP contribution in [0.1, 0.15) is 45.9 Å². The van der Waals surface area contributed by atoms with E-state index in [1.54, 1.807) is 6.33 Å². The van der Waals surface area contributed by atoms with Gasteiger partial charge >= 0.3 is 0 Å². The van der Waals surface area contributed by atoms with Crippen LogP contribution in [0.4, 0.5) is 0 Å². The van der Waals surface area contributed by atoms with Crippen molar-refractivity contribution in [2.24, 2.45) is 0 Å². The maximum absolute atomic E-state index is 5.59. The van der Waals surface area contributed by atoms with Crippen LogP contribution in [0.15, 0.2) is 6.33 Å². The summed E-state index contributed by atoms with van der Waals surface area (Å²) in [6, 6.07) is 0.423. The summed E-state index contributed by atoms with van der Waals surface area (Å²) in [5, 5.41) is 7.80. The summed E-state index contributed by atoms with van der Waals surface area (Å²) in [5.41, 5.74) is 0. The normalized spacial score (nSPS) is 12.8. The standard InChI is InChI=1S/C14H28N4O/c1-4-8-15-13(7-10-19-9-5-2)11-14-16-12-17-18(14)6-3/h12-13,15H,4-11H2,1-3H3. The fourth-order valence-corrected chi connectivity index (χ4v) is 2.03. The SMILES string of the molecule is CCCNC(CCOCCC)Cc1ncnn1CC. The van der Waals surface area contributed by atoms with Crippen LogP contribution >= 0.6 is 0 Å². The van der Waals surface area contributed by atoms with Crippen LogP contribution in [0, 0.1) is 0 Å². The van der Waals surface area contributed by atoms with Gasteiger partial charge in [-0.2, -0.15) is 5.10 Å². The second-order valence-corrected chi connectivity index (χ2v) is 4.75. The maximum atomic E-state index is 5.59. The molecule has 0 bridgehead atoms. The van der Waals surface area contributed by atoms with Crippen LogP contribution in [-0.4, -0.2) is 40.6 Å². The van der Waals surface area contributed by atoms with E-state index in [-0.39, 0.29) is 0 Å². The van der Waals surface area contributed by atoms with E-state index in [0.29, 0.717) is 6.04 Å². The molecule has 5 nitrogen and oxygen atoms in total. The van der Waals surface area contributed by atoms with Gasteiger partial charge in [0.2, 0.25) is 0 Å². The largest absolute Gasteiger partial charge is 0.381 e. The second kappa shape index (κ2) is 9.92. The summed E-state index contributed by atoms with van der Waals surface area (Å²) in [5.74, 6) is 1.06. The number of aromatic nitrogens is 3. The summed E-state index contributed by atoms with van der Waals surface area (Å²) >= 11 is 0. The molecule has 0 aliphatic rings. The number of hydrogen-bond acceptors (Lipinski definition) is 4. The predicted octanol–water partition coefficient (Wildman–Crippen LogP) is 2.03. The van der Waals surface area contributed by atoms with E-state index in [9.17, 15) is 0 Å². The Bertz CT molecular complexity index is 327. The summed E-state index contributed by atoms with van der Waals surface area (Å²) in [7, 11) is 0. The zero-order valence-corrected chi connectivity index (χ0v) is 12.6. The molecule has 0 aromatic carbocycles. The van der Waals surface area contributed by atoms with Crippen molar-refractivity contribution in [3.63, 3.8) is 0 Å². The highest BCUT2D eigenvalue weighted by Crippen LogP contribution is 2.04. The molecule has 1 N–H and O–H groups in total. The van der Waals surface area contributed by atoms with Crippen LogP contribution in [0.25, 0.3) is 0 Å².